The van der Waals surface area contributed by atoms with Gasteiger partial charge in [-0.05, 0) is 47.4 Å². The molecule has 3 aromatic rings. The predicted octanol–water partition coefficient (Wildman–Crippen LogP) is 3.14. The minimum absolute atomic E-state index is 0.0623. The maximum Gasteiger partial charge on any atom is 0.255 e. The van der Waals surface area contributed by atoms with E-state index in [4.69, 9.17) is 14.6 Å². The molecule has 8 heteroatoms. The molecule has 3 aromatic carbocycles. The van der Waals surface area contributed by atoms with Gasteiger partial charge in [0.05, 0.1) is 25.2 Å². The SMILES string of the molecule is COc1cc2c(cc1OC)C(c1ccccc1)N(CCc1ccc(S(N)(=O)=O)cc1)C2=O. The maximum absolute atomic E-state index is 13.4. The average Bonchev–Trinajstić information content (AvgIpc) is 3.07. The van der Waals surface area contributed by atoms with Crippen molar-refractivity contribution in [2.75, 3.05) is 20.8 Å². The molecule has 0 aromatic heterocycles. The first-order valence-corrected chi connectivity index (χ1v) is 11.6. The van der Waals surface area contributed by atoms with Gasteiger partial charge in [-0.1, -0.05) is 42.5 Å². The largest absolute Gasteiger partial charge is 0.493 e. The number of sulfonamides is 1. The van der Waals surface area contributed by atoms with Crippen molar-refractivity contribution >= 4 is 15.9 Å². The predicted molar refractivity (Wildman–Crippen MR) is 120 cm³/mol. The van der Waals surface area contributed by atoms with Crippen LogP contribution in [0.2, 0.25) is 0 Å². The van der Waals surface area contributed by atoms with Crippen molar-refractivity contribution in [2.24, 2.45) is 5.14 Å². The quantitative estimate of drug-likeness (QED) is 0.594. The highest BCUT2D eigenvalue weighted by Gasteiger charge is 2.38. The van der Waals surface area contributed by atoms with Crippen LogP contribution in [-0.2, 0) is 16.4 Å². The number of nitrogens with zero attached hydrogens (tertiary/aromatic N) is 1. The van der Waals surface area contributed by atoms with E-state index in [1.165, 1.54) is 12.1 Å². The summed E-state index contributed by atoms with van der Waals surface area (Å²) >= 11 is 0. The van der Waals surface area contributed by atoms with Gasteiger partial charge in [0, 0.05) is 12.1 Å². The molecule has 0 saturated heterocycles. The van der Waals surface area contributed by atoms with Gasteiger partial charge in [-0.15, -0.1) is 0 Å². The number of carbonyl (C=O) groups is 1. The second-order valence-corrected chi connectivity index (χ2v) is 9.11. The molecule has 2 N–H and O–H groups in total. The number of methoxy groups -OCH3 is 2. The highest BCUT2D eigenvalue weighted by molar-refractivity contribution is 7.89. The maximum atomic E-state index is 13.4. The Labute approximate surface area is 187 Å². The number of hydrogen-bond donors (Lipinski definition) is 1. The molecular formula is C24H24N2O5S. The molecule has 0 bridgehead atoms. The topological polar surface area (TPSA) is 98.9 Å². The van der Waals surface area contributed by atoms with Crippen LogP contribution in [0.3, 0.4) is 0 Å². The van der Waals surface area contributed by atoms with Gasteiger partial charge in [-0.3, -0.25) is 4.79 Å². The fraction of sp³-hybridized carbons (Fsp3) is 0.208. The van der Waals surface area contributed by atoms with E-state index in [2.05, 4.69) is 0 Å². The number of nitrogens with two attached hydrogens (primary N) is 1. The molecule has 0 fully saturated rings. The number of carbonyl (C=O) groups excluding carboxylic acids is 1. The Morgan fingerprint density at radius 1 is 0.938 bits per heavy atom. The van der Waals surface area contributed by atoms with Crippen molar-refractivity contribution in [1.82, 2.24) is 4.90 Å². The summed E-state index contributed by atoms with van der Waals surface area (Å²) in [5.41, 5.74) is 3.35. The summed E-state index contributed by atoms with van der Waals surface area (Å²) in [4.78, 5) is 15.3. The van der Waals surface area contributed by atoms with E-state index in [9.17, 15) is 13.2 Å². The number of hydrogen-bond acceptors (Lipinski definition) is 5. The lowest BCUT2D eigenvalue weighted by molar-refractivity contribution is 0.0751. The third kappa shape index (κ3) is 4.06. The van der Waals surface area contributed by atoms with Crippen LogP contribution in [0.15, 0.2) is 71.6 Å². The molecule has 0 saturated carbocycles. The minimum atomic E-state index is -3.74. The van der Waals surface area contributed by atoms with Crippen LogP contribution in [0.4, 0.5) is 0 Å². The second kappa shape index (κ2) is 8.64. The first kappa shape index (κ1) is 21.9. The van der Waals surface area contributed by atoms with Gasteiger partial charge in [-0.2, -0.15) is 0 Å². The Morgan fingerprint density at radius 3 is 2.16 bits per heavy atom. The zero-order valence-corrected chi connectivity index (χ0v) is 18.6. The Balaban J connectivity index is 1.68. The fourth-order valence-corrected chi connectivity index (χ4v) is 4.58. The number of benzene rings is 3. The molecule has 0 spiro atoms. The zero-order chi connectivity index (χ0) is 22.9. The van der Waals surface area contributed by atoms with E-state index in [0.717, 1.165) is 16.7 Å². The van der Waals surface area contributed by atoms with Crippen LogP contribution in [0.25, 0.3) is 0 Å². The van der Waals surface area contributed by atoms with Crippen LogP contribution in [-0.4, -0.2) is 40.0 Å². The van der Waals surface area contributed by atoms with Crippen molar-refractivity contribution < 1.29 is 22.7 Å². The van der Waals surface area contributed by atoms with Gasteiger partial charge in [0.15, 0.2) is 11.5 Å². The first-order chi connectivity index (χ1) is 15.3. The molecule has 1 heterocycles. The van der Waals surface area contributed by atoms with Crippen molar-refractivity contribution in [3.63, 3.8) is 0 Å². The minimum Gasteiger partial charge on any atom is -0.493 e. The molecule has 1 amide bonds. The lowest BCUT2D eigenvalue weighted by atomic mass is 9.97. The fourth-order valence-electron chi connectivity index (χ4n) is 4.07. The highest BCUT2D eigenvalue weighted by Crippen LogP contribution is 2.43. The molecule has 4 rings (SSSR count). The summed E-state index contributed by atoms with van der Waals surface area (Å²) in [6, 6.07) is 19.6. The molecule has 1 unspecified atom stereocenters. The van der Waals surface area contributed by atoms with Crippen molar-refractivity contribution in [2.45, 2.75) is 17.4 Å². The highest BCUT2D eigenvalue weighted by atomic mass is 32.2. The van der Waals surface area contributed by atoms with Crippen molar-refractivity contribution in [3.8, 4) is 11.5 Å². The van der Waals surface area contributed by atoms with Crippen LogP contribution < -0.4 is 14.6 Å². The number of fused-ring (bicyclic) bond motifs is 1. The van der Waals surface area contributed by atoms with E-state index in [1.807, 2.05) is 41.3 Å². The van der Waals surface area contributed by atoms with E-state index in [0.29, 0.717) is 30.0 Å². The van der Waals surface area contributed by atoms with E-state index >= 15 is 0 Å². The third-order valence-corrected chi connectivity index (χ3v) is 6.59. The Kier molecular flexibility index (Phi) is 5.90. The summed E-state index contributed by atoms with van der Waals surface area (Å²) in [5, 5.41) is 5.18. The summed E-state index contributed by atoms with van der Waals surface area (Å²) < 4.78 is 33.8. The summed E-state index contributed by atoms with van der Waals surface area (Å²) in [6.07, 6.45) is 0.558. The molecule has 32 heavy (non-hydrogen) atoms. The first-order valence-electron chi connectivity index (χ1n) is 10.1. The molecule has 0 aliphatic carbocycles. The molecule has 1 atom stereocenters. The molecular weight excluding hydrogens is 428 g/mol. The van der Waals surface area contributed by atoms with Gasteiger partial charge >= 0.3 is 0 Å². The van der Waals surface area contributed by atoms with E-state index < -0.39 is 10.0 Å². The monoisotopic (exact) mass is 452 g/mol. The Morgan fingerprint density at radius 2 is 1.56 bits per heavy atom. The Hall–Kier alpha value is -3.36. The normalized spacial score (nSPS) is 15.5. The number of ether oxygens (including phenoxy) is 2. The Bertz CT molecular complexity index is 1240. The average molecular weight is 453 g/mol. The smallest absolute Gasteiger partial charge is 0.255 e. The number of rotatable bonds is 7. The molecule has 1 aliphatic rings. The summed E-state index contributed by atoms with van der Waals surface area (Å²) in [5.74, 6) is 0.989. The van der Waals surface area contributed by atoms with Crippen LogP contribution in [0, 0.1) is 0 Å². The molecule has 1 aliphatic heterocycles. The van der Waals surface area contributed by atoms with Crippen LogP contribution in [0.1, 0.15) is 33.1 Å². The molecule has 7 nitrogen and oxygen atoms in total. The van der Waals surface area contributed by atoms with E-state index in [1.54, 1.807) is 32.4 Å². The molecule has 166 valence electrons. The molecule has 0 radical (unpaired) electrons. The van der Waals surface area contributed by atoms with Crippen molar-refractivity contribution in [3.05, 3.63) is 89.0 Å². The summed E-state index contributed by atoms with van der Waals surface area (Å²) in [7, 11) is -0.628. The standard InChI is InChI=1S/C24H24N2O5S/c1-30-21-14-19-20(15-22(21)31-2)24(27)26(23(19)17-6-4-3-5-7-17)13-12-16-8-10-18(11-9-16)32(25,28)29/h3-11,14-15,23H,12-13H2,1-2H3,(H2,25,28,29). The number of primary sulfonamides is 1. The number of amides is 1. The van der Waals surface area contributed by atoms with E-state index in [-0.39, 0.29) is 16.8 Å². The van der Waals surface area contributed by atoms with Crippen LogP contribution in [0.5, 0.6) is 11.5 Å². The van der Waals surface area contributed by atoms with Gasteiger partial charge in [0.1, 0.15) is 0 Å². The lowest BCUT2D eigenvalue weighted by Crippen LogP contribution is -2.30. The second-order valence-electron chi connectivity index (χ2n) is 7.55. The van der Waals surface area contributed by atoms with Gasteiger partial charge < -0.3 is 14.4 Å². The van der Waals surface area contributed by atoms with Gasteiger partial charge in [0.25, 0.3) is 5.91 Å². The summed E-state index contributed by atoms with van der Waals surface area (Å²) in [6.45, 7) is 0.451. The van der Waals surface area contributed by atoms with Crippen LogP contribution >= 0.6 is 0 Å². The lowest BCUT2D eigenvalue weighted by Gasteiger charge is -2.26. The zero-order valence-electron chi connectivity index (χ0n) is 17.8. The van der Waals surface area contributed by atoms with Crippen molar-refractivity contribution in [1.29, 1.82) is 0 Å². The van der Waals surface area contributed by atoms with Gasteiger partial charge in [-0.25, -0.2) is 13.6 Å². The third-order valence-electron chi connectivity index (χ3n) is 5.66. The van der Waals surface area contributed by atoms with Gasteiger partial charge in [0.2, 0.25) is 10.0 Å².